The quantitative estimate of drug-likeness (QED) is 0.161. The van der Waals surface area contributed by atoms with Gasteiger partial charge in [-0.05, 0) is 94.8 Å². The fourth-order valence-electron chi connectivity index (χ4n) is 9.74. The molecule has 4 nitrogen and oxygen atoms in total. The lowest BCUT2D eigenvalue weighted by atomic mass is 9.85. The van der Waals surface area contributed by atoms with Gasteiger partial charge in [0.25, 0.3) is 0 Å². The molecule has 2 heterocycles. The van der Waals surface area contributed by atoms with Crippen molar-refractivity contribution in [1.29, 1.82) is 0 Å². The smallest absolute Gasteiger partial charge is 0.227 e. The van der Waals surface area contributed by atoms with E-state index < -0.39 is 0 Å². The van der Waals surface area contributed by atoms with E-state index in [0.29, 0.717) is 11.8 Å². The van der Waals surface area contributed by atoms with Crippen LogP contribution in [0.25, 0.3) is 77.9 Å². The number of hydrogen-bond donors (Lipinski definition) is 0. The largest absolute Gasteiger partial charge is 0.455 e. The molecule has 0 aliphatic heterocycles. The molecule has 1 atom stereocenters. The Morgan fingerprint density at radius 3 is 1.92 bits per heavy atom. The molecule has 0 fully saturated rings. The minimum absolute atomic E-state index is 0.295. The zero-order valence-corrected chi connectivity index (χ0v) is 33.9. The molecule has 0 N–H and O–H groups in total. The van der Waals surface area contributed by atoms with E-state index in [9.17, 15) is 0 Å². The maximum atomic E-state index is 6.69. The Labute approximate surface area is 360 Å². The van der Waals surface area contributed by atoms with Gasteiger partial charge in [-0.2, -0.15) is 0 Å². The fourth-order valence-corrected chi connectivity index (χ4v) is 9.74. The number of rotatable bonds is 7. The van der Waals surface area contributed by atoms with Gasteiger partial charge in [0, 0.05) is 39.2 Å². The molecule has 62 heavy (non-hydrogen) atoms. The van der Waals surface area contributed by atoms with Crippen LogP contribution < -0.4 is 4.90 Å². The van der Waals surface area contributed by atoms with E-state index in [2.05, 4.69) is 175 Å². The van der Waals surface area contributed by atoms with E-state index >= 15 is 0 Å². The molecule has 11 aromatic rings. The number of fused-ring (bicyclic) bond motifs is 8. The lowest BCUT2D eigenvalue weighted by Crippen LogP contribution is -2.13. The summed E-state index contributed by atoms with van der Waals surface area (Å²) in [5, 5.41) is 1.94. The van der Waals surface area contributed by atoms with Gasteiger partial charge < -0.3 is 13.7 Å². The Morgan fingerprint density at radius 2 is 1.11 bits per heavy atom. The van der Waals surface area contributed by atoms with E-state index in [4.69, 9.17) is 13.8 Å². The summed E-state index contributed by atoms with van der Waals surface area (Å²) in [6.07, 6.45) is 2.01. The maximum Gasteiger partial charge on any atom is 0.227 e. The van der Waals surface area contributed by atoms with Gasteiger partial charge in [0.05, 0.1) is 16.8 Å². The van der Waals surface area contributed by atoms with Crippen molar-refractivity contribution in [2.45, 2.75) is 18.8 Å². The standard InChI is InChI=1S/C58H40N2O2/c1-4-16-38(17-5-1)44-35-32-41-22-14-29-52(54(41)48-25-11-10-24-47(44)48)60(51-28-13-12-23-45(51)39-18-6-2-7-19-39)43-33-30-40(31-34-43)46-26-15-27-49-55-53(61-56(46)49)37-36-50-57(55)62-58(59-50)42-20-8-3-9-21-42/h1-31,33-34,36-37,44H,32,35H2. The maximum absolute atomic E-state index is 6.69. The van der Waals surface area contributed by atoms with Gasteiger partial charge in [0.2, 0.25) is 5.89 Å². The Morgan fingerprint density at radius 1 is 0.468 bits per heavy atom. The number of nitrogens with zero attached hydrogens (tertiary/aromatic N) is 2. The van der Waals surface area contributed by atoms with E-state index in [1.165, 1.54) is 38.9 Å². The number of anilines is 3. The molecule has 0 radical (unpaired) electrons. The fraction of sp³-hybridized carbons (Fsp3) is 0.0517. The molecular weight excluding hydrogens is 757 g/mol. The monoisotopic (exact) mass is 796 g/mol. The van der Waals surface area contributed by atoms with Crippen LogP contribution in [0, 0.1) is 0 Å². The highest BCUT2D eigenvalue weighted by Gasteiger charge is 2.29. The molecule has 0 spiro atoms. The molecule has 9 aromatic carbocycles. The Hall–Kier alpha value is -7.95. The molecule has 0 amide bonds. The van der Waals surface area contributed by atoms with Crippen molar-refractivity contribution in [3.8, 4) is 44.8 Å². The van der Waals surface area contributed by atoms with Crippen LogP contribution in [-0.4, -0.2) is 4.98 Å². The van der Waals surface area contributed by atoms with Crippen molar-refractivity contribution >= 4 is 50.1 Å². The van der Waals surface area contributed by atoms with Crippen LogP contribution in [-0.2, 0) is 6.42 Å². The molecule has 294 valence electrons. The number of benzene rings is 9. The number of para-hydroxylation sites is 2. The third kappa shape index (κ3) is 6.02. The summed E-state index contributed by atoms with van der Waals surface area (Å²) < 4.78 is 13.2. The lowest BCUT2D eigenvalue weighted by molar-refractivity contribution is 0.622. The van der Waals surface area contributed by atoms with Crippen LogP contribution in [0.4, 0.5) is 17.1 Å². The second-order valence-electron chi connectivity index (χ2n) is 16.1. The minimum atomic E-state index is 0.295. The topological polar surface area (TPSA) is 42.4 Å². The lowest BCUT2D eigenvalue weighted by Gasteiger charge is -2.31. The summed E-state index contributed by atoms with van der Waals surface area (Å²) in [5.41, 5.74) is 18.5. The second kappa shape index (κ2) is 14.9. The second-order valence-corrected chi connectivity index (χ2v) is 16.1. The van der Waals surface area contributed by atoms with Crippen LogP contribution in [0.2, 0.25) is 0 Å². The highest BCUT2D eigenvalue weighted by Crippen LogP contribution is 2.50. The average molecular weight is 797 g/mol. The molecule has 0 saturated heterocycles. The highest BCUT2D eigenvalue weighted by molar-refractivity contribution is 6.18. The first-order valence-corrected chi connectivity index (χ1v) is 21.4. The molecule has 12 rings (SSSR count). The van der Waals surface area contributed by atoms with Crippen LogP contribution in [0.15, 0.2) is 221 Å². The number of aryl methyl sites for hydroxylation is 1. The normalized spacial score (nSPS) is 13.5. The van der Waals surface area contributed by atoms with Crippen molar-refractivity contribution in [3.63, 3.8) is 0 Å². The predicted octanol–water partition coefficient (Wildman–Crippen LogP) is 15.9. The third-order valence-electron chi connectivity index (χ3n) is 12.6. The zero-order valence-electron chi connectivity index (χ0n) is 33.9. The zero-order chi connectivity index (χ0) is 41.0. The van der Waals surface area contributed by atoms with Crippen molar-refractivity contribution in [2.75, 3.05) is 4.90 Å². The van der Waals surface area contributed by atoms with Gasteiger partial charge in [-0.1, -0.05) is 164 Å². The first-order chi connectivity index (χ1) is 30.8. The van der Waals surface area contributed by atoms with Gasteiger partial charge in [0.1, 0.15) is 16.7 Å². The predicted molar refractivity (Wildman–Crippen MR) is 254 cm³/mol. The summed E-state index contributed by atoms with van der Waals surface area (Å²) in [6, 6.07) is 75.8. The van der Waals surface area contributed by atoms with Crippen LogP contribution in [0.1, 0.15) is 29.0 Å². The van der Waals surface area contributed by atoms with E-state index in [0.717, 1.165) is 79.6 Å². The summed E-state index contributed by atoms with van der Waals surface area (Å²) in [5.74, 6) is 0.895. The van der Waals surface area contributed by atoms with Crippen LogP contribution in [0.5, 0.6) is 0 Å². The molecule has 1 aliphatic carbocycles. The van der Waals surface area contributed by atoms with Crippen molar-refractivity contribution in [1.82, 2.24) is 4.98 Å². The number of hydrogen-bond acceptors (Lipinski definition) is 4. The Kier molecular flexibility index (Phi) is 8.67. The summed E-state index contributed by atoms with van der Waals surface area (Å²) in [7, 11) is 0. The number of furan rings is 1. The van der Waals surface area contributed by atoms with Gasteiger partial charge in [-0.3, -0.25) is 0 Å². The SMILES string of the molecule is c1ccc(-c2nc3ccc4oc5c(-c6ccc(N(c7ccccc7-c7ccccc7)c7cccc8c7-c7ccccc7C(c7ccccc7)CC8)cc6)cccc5c4c3o2)cc1. The first kappa shape index (κ1) is 35.9. The van der Waals surface area contributed by atoms with E-state index in [-0.39, 0.29) is 0 Å². The van der Waals surface area contributed by atoms with Crippen molar-refractivity contribution in [3.05, 3.63) is 229 Å². The average Bonchev–Trinajstić information content (AvgIpc) is 3.91. The summed E-state index contributed by atoms with van der Waals surface area (Å²) in [6.45, 7) is 0. The van der Waals surface area contributed by atoms with Gasteiger partial charge >= 0.3 is 0 Å². The molecule has 1 unspecified atom stereocenters. The molecule has 2 aromatic heterocycles. The minimum Gasteiger partial charge on any atom is -0.455 e. The molecular formula is C58H40N2O2. The Bertz CT molecular complexity index is 3400. The third-order valence-corrected chi connectivity index (χ3v) is 12.6. The van der Waals surface area contributed by atoms with Gasteiger partial charge in [-0.15, -0.1) is 0 Å². The molecule has 0 bridgehead atoms. The van der Waals surface area contributed by atoms with E-state index in [1.54, 1.807) is 0 Å². The molecule has 0 saturated carbocycles. The molecule has 4 heteroatoms. The summed E-state index contributed by atoms with van der Waals surface area (Å²) in [4.78, 5) is 7.32. The Balaban J connectivity index is 1.02. The van der Waals surface area contributed by atoms with Crippen LogP contribution >= 0.6 is 0 Å². The van der Waals surface area contributed by atoms with Crippen molar-refractivity contribution < 1.29 is 8.83 Å². The van der Waals surface area contributed by atoms with Gasteiger partial charge in [0.15, 0.2) is 5.58 Å². The highest BCUT2D eigenvalue weighted by atomic mass is 16.4. The van der Waals surface area contributed by atoms with E-state index in [1.807, 2.05) is 42.5 Å². The number of aromatic nitrogens is 1. The van der Waals surface area contributed by atoms with Crippen molar-refractivity contribution in [2.24, 2.45) is 0 Å². The number of oxazole rings is 1. The van der Waals surface area contributed by atoms with Gasteiger partial charge in [-0.25, -0.2) is 4.98 Å². The first-order valence-electron chi connectivity index (χ1n) is 21.4. The molecule has 1 aliphatic rings. The van der Waals surface area contributed by atoms with Crippen LogP contribution in [0.3, 0.4) is 0 Å². The summed E-state index contributed by atoms with van der Waals surface area (Å²) >= 11 is 0.